The first kappa shape index (κ1) is 18.9. The van der Waals surface area contributed by atoms with Crippen molar-refractivity contribution in [3.63, 3.8) is 0 Å². The molecule has 1 saturated heterocycles. The van der Waals surface area contributed by atoms with E-state index in [1.807, 2.05) is 0 Å². The van der Waals surface area contributed by atoms with Gasteiger partial charge in [-0.3, -0.25) is 4.90 Å². The number of halogens is 5. The van der Waals surface area contributed by atoms with Crippen LogP contribution in [-0.2, 0) is 6.18 Å². The maximum atomic E-state index is 13.7. The third-order valence-corrected chi connectivity index (χ3v) is 3.67. The molecule has 7 heteroatoms. The van der Waals surface area contributed by atoms with E-state index in [0.29, 0.717) is 12.0 Å². The van der Waals surface area contributed by atoms with Crippen molar-refractivity contribution < 1.29 is 17.6 Å². The topological polar surface area (TPSA) is 15.3 Å². The van der Waals surface area contributed by atoms with Crippen LogP contribution >= 0.6 is 12.4 Å². The number of hydrogen-bond donors (Lipinski definition) is 1. The van der Waals surface area contributed by atoms with Gasteiger partial charge in [-0.05, 0) is 24.1 Å². The van der Waals surface area contributed by atoms with Gasteiger partial charge >= 0.3 is 6.18 Å². The van der Waals surface area contributed by atoms with Crippen LogP contribution in [0.2, 0.25) is 0 Å². The molecule has 1 fully saturated rings. The lowest BCUT2D eigenvalue weighted by Crippen LogP contribution is -2.45. The van der Waals surface area contributed by atoms with E-state index in [1.165, 1.54) is 6.07 Å². The number of piperazine rings is 1. The summed E-state index contributed by atoms with van der Waals surface area (Å²) in [6.45, 7) is 6.87. The van der Waals surface area contributed by atoms with E-state index in [-0.39, 0.29) is 18.4 Å². The van der Waals surface area contributed by atoms with Gasteiger partial charge in [0.2, 0.25) is 0 Å². The number of nitrogens with zero attached hydrogens (tertiary/aromatic N) is 1. The number of benzene rings is 1. The summed E-state index contributed by atoms with van der Waals surface area (Å²) in [5, 5.41) is 3.21. The zero-order chi connectivity index (χ0) is 15.5. The van der Waals surface area contributed by atoms with E-state index < -0.39 is 17.6 Å². The minimum Gasteiger partial charge on any atom is -0.314 e. The number of hydrogen-bond acceptors (Lipinski definition) is 2. The Balaban J connectivity index is 0.00000242. The Labute approximate surface area is 133 Å². The van der Waals surface area contributed by atoms with Crippen LogP contribution in [-0.4, -0.2) is 31.1 Å². The second kappa shape index (κ2) is 7.94. The fraction of sp³-hybridized carbons (Fsp3) is 0.467. The first-order valence-electron chi connectivity index (χ1n) is 6.86. The van der Waals surface area contributed by atoms with Crippen LogP contribution in [0.1, 0.15) is 23.6 Å². The van der Waals surface area contributed by atoms with Gasteiger partial charge in [-0.15, -0.1) is 19.0 Å². The largest absolute Gasteiger partial charge is 0.419 e. The Morgan fingerprint density at radius 2 is 1.91 bits per heavy atom. The summed E-state index contributed by atoms with van der Waals surface area (Å²) in [5.74, 6) is -1.22. The van der Waals surface area contributed by atoms with Crippen molar-refractivity contribution in [1.82, 2.24) is 10.2 Å². The quantitative estimate of drug-likeness (QED) is 0.664. The molecular formula is C15H19ClF4N2. The minimum atomic E-state index is -4.66. The summed E-state index contributed by atoms with van der Waals surface area (Å²) in [4.78, 5) is 2.14. The van der Waals surface area contributed by atoms with Gasteiger partial charge in [0.1, 0.15) is 5.82 Å². The zero-order valence-corrected chi connectivity index (χ0v) is 12.8. The zero-order valence-electron chi connectivity index (χ0n) is 12.0. The maximum absolute atomic E-state index is 13.7. The van der Waals surface area contributed by atoms with Crippen molar-refractivity contribution in [3.05, 3.63) is 47.8 Å². The van der Waals surface area contributed by atoms with Crippen LogP contribution < -0.4 is 5.32 Å². The molecule has 2 nitrogen and oxygen atoms in total. The van der Waals surface area contributed by atoms with Gasteiger partial charge in [0, 0.05) is 32.2 Å². The highest BCUT2D eigenvalue weighted by atomic mass is 35.5. The highest BCUT2D eigenvalue weighted by Gasteiger charge is 2.34. The Morgan fingerprint density at radius 1 is 1.27 bits per heavy atom. The molecule has 1 aromatic carbocycles. The minimum absolute atomic E-state index is 0. The standard InChI is InChI=1S/C15H18F4N2.ClH/c1-2-3-14(21-8-6-20-7-9-21)11-4-5-12(13(16)10-11)15(17,18)19;/h2,4-5,10,14,20H,1,3,6-9H2;1H/t14-;/m1./s1. The van der Waals surface area contributed by atoms with Crippen molar-refractivity contribution in [3.8, 4) is 0 Å². The average molecular weight is 339 g/mol. The second-order valence-electron chi connectivity index (χ2n) is 5.06. The Kier molecular flexibility index (Phi) is 6.84. The molecule has 0 aromatic heterocycles. The van der Waals surface area contributed by atoms with Crippen molar-refractivity contribution in [2.75, 3.05) is 26.2 Å². The van der Waals surface area contributed by atoms with Crippen LogP contribution in [0.5, 0.6) is 0 Å². The van der Waals surface area contributed by atoms with Crippen molar-refractivity contribution in [2.45, 2.75) is 18.6 Å². The van der Waals surface area contributed by atoms with E-state index in [2.05, 4.69) is 16.8 Å². The smallest absolute Gasteiger partial charge is 0.314 e. The first-order chi connectivity index (χ1) is 9.93. The molecule has 1 atom stereocenters. The Morgan fingerprint density at radius 3 is 2.41 bits per heavy atom. The molecular weight excluding hydrogens is 320 g/mol. The molecule has 0 amide bonds. The van der Waals surface area contributed by atoms with Crippen molar-refractivity contribution in [2.24, 2.45) is 0 Å². The van der Waals surface area contributed by atoms with Crippen molar-refractivity contribution >= 4 is 12.4 Å². The summed E-state index contributed by atoms with van der Waals surface area (Å²) in [6.07, 6.45) is -2.38. The van der Waals surface area contributed by atoms with Gasteiger partial charge < -0.3 is 5.32 Å². The molecule has 0 unspecified atom stereocenters. The molecule has 22 heavy (non-hydrogen) atoms. The molecule has 0 saturated carbocycles. The van der Waals surface area contributed by atoms with Crippen LogP contribution in [0, 0.1) is 5.82 Å². The third-order valence-electron chi connectivity index (χ3n) is 3.67. The van der Waals surface area contributed by atoms with E-state index >= 15 is 0 Å². The summed E-state index contributed by atoms with van der Waals surface area (Å²) < 4.78 is 51.6. The van der Waals surface area contributed by atoms with Gasteiger partial charge in [0.05, 0.1) is 5.56 Å². The number of alkyl halides is 3. The predicted octanol–water partition coefficient (Wildman–Crippen LogP) is 3.79. The van der Waals surface area contributed by atoms with E-state index in [0.717, 1.165) is 38.3 Å². The fourth-order valence-electron chi connectivity index (χ4n) is 2.62. The lowest BCUT2D eigenvalue weighted by Gasteiger charge is -2.35. The molecule has 2 rings (SSSR count). The normalized spacial score (nSPS) is 17.6. The predicted molar refractivity (Wildman–Crippen MR) is 80.6 cm³/mol. The molecule has 124 valence electrons. The van der Waals surface area contributed by atoms with Gasteiger partial charge in [-0.25, -0.2) is 4.39 Å². The third kappa shape index (κ3) is 4.44. The SMILES string of the molecule is C=CC[C@H](c1ccc(C(F)(F)F)c(F)c1)N1CCNCC1.Cl. The van der Waals surface area contributed by atoms with Gasteiger partial charge in [-0.1, -0.05) is 12.1 Å². The van der Waals surface area contributed by atoms with Gasteiger partial charge in [0.15, 0.2) is 0 Å². The van der Waals surface area contributed by atoms with Crippen LogP contribution in [0.3, 0.4) is 0 Å². The molecule has 1 N–H and O–H groups in total. The summed E-state index contributed by atoms with van der Waals surface area (Å²) in [5.41, 5.74) is -0.661. The lowest BCUT2D eigenvalue weighted by atomic mass is 9.99. The van der Waals surface area contributed by atoms with Crippen molar-refractivity contribution in [1.29, 1.82) is 0 Å². The monoisotopic (exact) mass is 338 g/mol. The van der Waals surface area contributed by atoms with E-state index in [1.54, 1.807) is 6.08 Å². The lowest BCUT2D eigenvalue weighted by molar-refractivity contribution is -0.140. The van der Waals surface area contributed by atoms with Gasteiger partial charge in [-0.2, -0.15) is 13.2 Å². The van der Waals surface area contributed by atoms with Gasteiger partial charge in [0.25, 0.3) is 0 Å². The second-order valence-corrected chi connectivity index (χ2v) is 5.06. The number of rotatable bonds is 4. The fourth-order valence-corrected chi connectivity index (χ4v) is 2.62. The average Bonchev–Trinajstić information content (AvgIpc) is 2.44. The molecule has 0 aliphatic carbocycles. The number of nitrogens with one attached hydrogen (secondary N) is 1. The van der Waals surface area contributed by atoms with Crippen LogP contribution in [0.4, 0.5) is 17.6 Å². The Hall–Kier alpha value is -1.11. The van der Waals surface area contributed by atoms with E-state index in [4.69, 9.17) is 0 Å². The first-order valence-corrected chi connectivity index (χ1v) is 6.86. The summed E-state index contributed by atoms with van der Waals surface area (Å²) in [7, 11) is 0. The molecule has 0 spiro atoms. The molecule has 1 aliphatic rings. The maximum Gasteiger partial charge on any atom is 0.419 e. The van der Waals surface area contributed by atoms with Crippen LogP contribution in [0.15, 0.2) is 30.9 Å². The highest BCUT2D eigenvalue weighted by molar-refractivity contribution is 5.85. The Bertz CT molecular complexity index is 499. The molecule has 0 radical (unpaired) electrons. The summed E-state index contributed by atoms with van der Waals surface area (Å²) >= 11 is 0. The molecule has 1 heterocycles. The van der Waals surface area contributed by atoms with E-state index in [9.17, 15) is 17.6 Å². The molecule has 1 aliphatic heterocycles. The molecule has 1 aromatic rings. The van der Waals surface area contributed by atoms with Crippen LogP contribution in [0.25, 0.3) is 0 Å². The highest BCUT2D eigenvalue weighted by Crippen LogP contribution is 2.34. The molecule has 0 bridgehead atoms. The summed E-state index contributed by atoms with van der Waals surface area (Å²) in [6, 6.07) is 3.05.